The van der Waals surface area contributed by atoms with Gasteiger partial charge in [0.15, 0.2) is 0 Å². The molecule has 0 unspecified atom stereocenters. The maximum absolute atomic E-state index is 14.4. The summed E-state index contributed by atoms with van der Waals surface area (Å²) in [4.78, 5) is 29.0. The number of anilines is 1. The average Bonchev–Trinajstić information content (AvgIpc) is 3.49. The fourth-order valence-electron chi connectivity index (χ4n) is 5.51. The van der Waals surface area contributed by atoms with Gasteiger partial charge < -0.3 is 19.5 Å². The molecule has 0 spiro atoms. The number of halogens is 2. The lowest BCUT2D eigenvalue weighted by Crippen LogP contribution is -2.38. The second kappa shape index (κ2) is 9.72. The van der Waals surface area contributed by atoms with E-state index < -0.39 is 29.7 Å². The third-order valence-electron chi connectivity index (χ3n) is 7.18. The molecule has 3 heterocycles. The highest BCUT2D eigenvalue weighted by Gasteiger charge is 2.36. The van der Waals surface area contributed by atoms with Crippen LogP contribution in [-0.4, -0.2) is 28.6 Å². The predicted octanol–water partition coefficient (Wildman–Crippen LogP) is 6.62. The molecule has 1 atom stereocenters. The summed E-state index contributed by atoms with van der Waals surface area (Å²) in [6.07, 6.45) is 6.11. The molecule has 0 saturated carbocycles. The summed E-state index contributed by atoms with van der Waals surface area (Å²) in [6.45, 7) is 0.272. The van der Waals surface area contributed by atoms with E-state index in [0.717, 1.165) is 48.0 Å². The zero-order chi connectivity index (χ0) is 26.4. The molecule has 38 heavy (non-hydrogen) atoms. The molecule has 0 saturated heterocycles. The molecule has 9 heteroatoms. The van der Waals surface area contributed by atoms with Crippen molar-refractivity contribution in [2.45, 2.75) is 38.3 Å². The van der Waals surface area contributed by atoms with Gasteiger partial charge in [0.05, 0.1) is 24.9 Å². The van der Waals surface area contributed by atoms with Crippen LogP contribution in [0, 0.1) is 11.6 Å². The molecule has 4 aromatic rings. The predicted molar refractivity (Wildman–Crippen MR) is 141 cm³/mol. The number of thiophene rings is 1. The van der Waals surface area contributed by atoms with Gasteiger partial charge in [-0.05, 0) is 79.3 Å². The van der Waals surface area contributed by atoms with E-state index in [9.17, 15) is 18.4 Å². The van der Waals surface area contributed by atoms with E-state index in [1.54, 1.807) is 40.5 Å². The summed E-state index contributed by atoms with van der Waals surface area (Å²) >= 11 is 1.73. The Balaban J connectivity index is 1.48. The standard InChI is InChI=1S/C29H25F2N3O3S/c1-37-28(35)17-6-4-7-21(14-17)32-29(36)34-16-23-22-8-2-3-10-25(22)38-27(23)33-11-5-9-24(33)26(34)18-12-19(30)15-20(31)13-18/h4-7,9,11-15,26H,2-3,8,10,16H2,1H3,(H,32,36)/t26-/m1/s1. The molecule has 0 bridgehead atoms. The van der Waals surface area contributed by atoms with Crippen LogP contribution in [0.15, 0.2) is 60.8 Å². The van der Waals surface area contributed by atoms with Crippen molar-refractivity contribution in [3.05, 3.63) is 105 Å². The Morgan fingerprint density at radius 2 is 1.79 bits per heavy atom. The van der Waals surface area contributed by atoms with Gasteiger partial charge in [-0.1, -0.05) is 6.07 Å². The quantitative estimate of drug-likeness (QED) is 0.301. The van der Waals surface area contributed by atoms with Gasteiger partial charge in [-0.25, -0.2) is 18.4 Å². The molecule has 1 N–H and O–H groups in total. The normalized spacial score (nSPS) is 16.2. The summed E-state index contributed by atoms with van der Waals surface area (Å²) in [5, 5.41) is 3.94. The number of methoxy groups -OCH3 is 1. The van der Waals surface area contributed by atoms with Crippen molar-refractivity contribution in [1.29, 1.82) is 0 Å². The molecule has 0 fully saturated rings. The Morgan fingerprint density at radius 3 is 2.58 bits per heavy atom. The zero-order valence-electron chi connectivity index (χ0n) is 20.7. The van der Waals surface area contributed by atoms with Gasteiger partial charge in [0.25, 0.3) is 0 Å². The third kappa shape index (κ3) is 4.26. The first-order valence-corrected chi connectivity index (χ1v) is 13.3. The molecule has 0 radical (unpaired) electrons. The number of carbonyl (C=O) groups is 2. The first-order valence-electron chi connectivity index (χ1n) is 12.5. The average molecular weight is 534 g/mol. The van der Waals surface area contributed by atoms with Gasteiger partial charge in [-0.3, -0.25) is 0 Å². The van der Waals surface area contributed by atoms with Crippen LogP contribution in [0.3, 0.4) is 0 Å². The molecule has 1 aliphatic heterocycles. The van der Waals surface area contributed by atoms with Gasteiger partial charge in [-0.15, -0.1) is 11.3 Å². The minimum Gasteiger partial charge on any atom is -0.465 e. The van der Waals surface area contributed by atoms with E-state index in [-0.39, 0.29) is 6.54 Å². The molecule has 2 amide bonds. The maximum atomic E-state index is 14.4. The number of aromatic nitrogens is 1. The molecule has 194 valence electrons. The van der Waals surface area contributed by atoms with Crippen molar-refractivity contribution < 1.29 is 23.1 Å². The number of urea groups is 1. The van der Waals surface area contributed by atoms with Gasteiger partial charge >= 0.3 is 12.0 Å². The number of rotatable bonds is 3. The largest absolute Gasteiger partial charge is 0.465 e. The van der Waals surface area contributed by atoms with Crippen LogP contribution in [-0.2, 0) is 24.1 Å². The molecule has 2 aliphatic rings. The third-order valence-corrected chi connectivity index (χ3v) is 8.51. The molecule has 6 rings (SSSR count). The van der Waals surface area contributed by atoms with Crippen LogP contribution in [0.4, 0.5) is 19.3 Å². The van der Waals surface area contributed by atoms with Crippen molar-refractivity contribution >= 4 is 29.0 Å². The highest BCUT2D eigenvalue weighted by atomic mass is 32.1. The van der Waals surface area contributed by atoms with E-state index in [4.69, 9.17) is 4.74 Å². The van der Waals surface area contributed by atoms with Crippen molar-refractivity contribution in [1.82, 2.24) is 9.47 Å². The fraction of sp³-hybridized carbons (Fsp3) is 0.241. The lowest BCUT2D eigenvalue weighted by Gasteiger charge is -2.31. The van der Waals surface area contributed by atoms with Gasteiger partial charge in [0.2, 0.25) is 0 Å². The highest BCUT2D eigenvalue weighted by molar-refractivity contribution is 7.15. The summed E-state index contributed by atoms with van der Waals surface area (Å²) in [7, 11) is 1.29. The number of benzene rings is 2. The van der Waals surface area contributed by atoms with E-state index in [1.807, 2.05) is 18.3 Å². The van der Waals surface area contributed by atoms with Crippen LogP contribution in [0.25, 0.3) is 5.00 Å². The van der Waals surface area contributed by atoms with Crippen molar-refractivity contribution in [3.8, 4) is 5.00 Å². The number of aryl methyl sites for hydroxylation is 1. The number of nitrogens with one attached hydrogen (secondary N) is 1. The number of amides is 2. The second-order valence-corrected chi connectivity index (χ2v) is 10.6. The minimum atomic E-state index is -0.752. The highest BCUT2D eigenvalue weighted by Crippen LogP contribution is 2.44. The van der Waals surface area contributed by atoms with Crippen LogP contribution in [0.2, 0.25) is 0 Å². The van der Waals surface area contributed by atoms with Crippen LogP contribution in [0.1, 0.15) is 56.5 Å². The van der Waals surface area contributed by atoms with Gasteiger partial charge in [0, 0.05) is 28.4 Å². The summed E-state index contributed by atoms with van der Waals surface area (Å²) < 4.78 is 35.7. The van der Waals surface area contributed by atoms with Crippen LogP contribution < -0.4 is 5.32 Å². The summed E-state index contributed by atoms with van der Waals surface area (Å²) in [5.41, 5.74) is 4.13. The Morgan fingerprint density at radius 1 is 1.00 bits per heavy atom. The van der Waals surface area contributed by atoms with Crippen LogP contribution in [0.5, 0.6) is 0 Å². The topological polar surface area (TPSA) is 63.6 Å². The van der Waals surface area contributed by atoms with Gasteiger partial charge in [-0.2, -0.15) is 0 Å². The molecular formula is C29H25F2N3O3S. The number of hydrogen-bond acceptors (Lipinski definition) is 4. The van der Waals surface area contributed by atoms with E-state index in [1.165, 1.54) is 29.7 Å². The van der Waals surface area contributed by atoms with Crippen molar-refractivity contribution in [2.24, 2.45) is 0 Å². The van der Waals surface area contributed by atoms with E-state index >= 15 is 0 Å². The lowest BCUT2D eigenvalue weighted by atomic mass is 9.95. The fourth-order valence-corrected chi connectivity index (χ4v) is 6.91. The Hall–Kier alpha value is -3.98. The summed E-state index contributed by atoms with van der Waals surface area (Å²) in [6, 6.07) is 12.4. The van der Waals surface area contributed by atoms with Gasteiger partial charge in [0.1, 0.15) is 22.7 Å². The monoisotopic (exact) mass is 533 g/mol. The maximum Gasteiger partial charge on any atom is 0.337 e. The Labute approximate surface area is 222 Å². The summed E-state index contributed by atoms with van der Waals surface area (Å²) in [5.74, 6) is -1.93. The molecular weight excluding hydrogens is 508 g/mol. The Bertz CT molecular complexity index is 1540. The minimum absolute atomic E-state index is 0.272. The number of ether oxygens (including phenoxy) is 1. The molecule has 2 aromatic heterocycles. The second-order valence-electron chi connectivity index (χ2n) is 9.53. The van der Waals surface area contributed by atoms with E-state index in [0.29, 0.717) is 16.8 Å². The molecule has 2 aromatic carbocycles. The Kier molecular flexibility index (Phi) is 6.23. The number of nitrogens with zero attached hydrogens (tertiary/aromatic N) is 2. The van der Waals surface area contributed by atoms with E-state index in [2.05, 4.69) is 9.88 Å². The number of carbonyl (C=O) groups excluding carboxylic acids is 2. The van der Waals surface area contributed by atoms with Crippen molar-refractivity contribution in [2.75, 3.05) is 12.4 Å². The lowest BCUT2D eigenvalue weighted by molar-refractivity contribution is 0.0600. The van der Waals surface area contributed by atoms with Crippen molar-refractivity contribution in [3.63, 3.8) is 0 Å². The first kappa shape index (κ1) is 24.4. The SMILES string of the molecule is COC(=O)c1cccc(NC(=O)N2Cc3c(sc4c3CCCC4)-n3cccc3[C@H]2c2cc(F)cc(F)c2)c1. The number of fused-ring (bicyclic) bond motifs is 5. The molecule has 6 nitrogen and oxygen atoms in total. The number of esters is 1. The zero-order valence-corrected chi connectivity index (χ0v) is 21.5. The van der Waals surface area contributed by atoms with Crippen LogP contribution >= 0.6 is 11.3 Å². The smallest absolute Gasteiger partial charge is 0.337 e. The number of hydrogen-bond donors (Lipinski definition) is 1. The first-order chi connectivity index (χ1) is 18.4. The molecule has 1 aliphatic carbocycles.